The minimum absolute atomic E-state index is 0.888. The van der Waals surface area contributed by atoms with Gasteiger partial charge in [-0.15, -0.1) is 0 Å². The number of rotatable bonds is 4. The molecule has 0 unspecified atom stereocenters. The highest BCUT2D eigenvalue weighted by atomic mass is 16.3. The highest BCUT2D eigenvalue weighted by Crippen LogP contribution is 2.46. The Kier molecular flexibility index (Phi) is 5.96. The summed E-state index contributed by atoms with van der Waals surface area (Å²) >= 11 is 0. The largest absolute Gasteiger partial charge is 0.454 e. The molecular formula is C48H30N2O. The van der Waals surface area contributed by atoms with Crippen LogP contribution in [0.15, 0.2) is 186 Å². The molecule has 0 spiro atoms. The molecule has 0 N–H and O–H groups in total. The molecule has 3 nitrogen and oxygen atoms in total. The zero-order chi connectivity index (χ0) is 33.5. The van der Waals surface area contributed by atoms with E-state index in [4.69, 9.17) is 4.42 Å². The molecule has 11 rings (SSSR count). The molecule has 51 heavy (non-hydrogen) atoms. The Morgan fingerprint density at radius 1 is 0.333 bits per heavy atom. The Morgan fingerprint density at radius 2 is 0.863 bits per heavy atom. The summed E-state index contributed by atoms with van der Waals surface area (Å²) in [4.78, 5) is 0. The van der Waals surface area contributed by atoms with Gasteiger partial charge >= 0.3 is 0 Å². The molecule has 0 fully saturated rings. The van der Waals surface area contributed by atoms with Gasteiger partial charge in [0, 0.05) is 38.0 Å². The van der Waals surface area contributed by atoms with E-state index in [-0.39, 0.29) is 0 Å². The Bertz CT molecular complexity index is 3130. The molecule has 3 aromatic heterocycles. The smallest absolute Gasteiger partial charge is 0.160 e. The van der Waals surface area contributed by atoms with Crippen molar-refractivity contribution in [2.24, 2.45) is 0 Å². The van der Waals surface area contributed by atoms with E-state index in [2.05, 4.69) is 191 Å². The number of furan rings is 1. The van der Waals surface area contributed by atoms with Crippen molar-refractivity contribution in [1.82, 2.24) is 9.13 Å². The van der Waals surface area contributed by atoms with Gasteiger partial charge in [-0.25, -0.2) is 0 Å². The summed E-state index contributed by atoms with van der Waals surface area (Å²) in [7, 11) is 0. The predicted molar refractivity (Wildman–Crippen MR) is 213 cm³/mol. The second-order valence-electron chi connectivity index (χ2n) is 13.2. The van der Waals surface area contributed by atoms with Crippen LogP contribution in [-0.2, 0) is 0 Å². The molecule has 0 aliphatic heterocycles. The molecule has 0 amide bonds. The first-order chi connectivity index (χ1) is 25.3. The molecule has 0 aliphatic rings. The van der Waals surface area contributed by atoms with E-state index < -0.39 is 0 Å². The highest BCUT2D eigenvalue weighted by Gasteiger charge is 2.23. The van der Waals surface area contributed by atoms with Gasteiger partial charge in [0.2, 0.25) is 0 Å². The van der Waals surface area contributed by atoms with Gasteiger partial charge in [-0.2, -0.15) is 0 Å². The maximum absolute atomic E-state index is 6.81. The number of para-hydroxylation sites is 4. The molecule has 3 heterocycles. The van der Waals surface area contributed by atoms with Crippen LogP contribution in [-0.4, -0.2) is 9.13 Å². The third-order valence-corrected chi connectivity index (χ3v) is 10.5. The van der Waals surface area contributed by atoms with Gasteiger partial charge in [0.15, 0.2) is 5.58 Å². The summed E-state index contributed by atoms with van der Waals surface area (Å²) < 4.78 is 11.6. The van der Waals surface area contributed by atoms with Crippen molar-refractivity contribution in [3.8, 4) is 33.6 Å². The van der Waals surface area contributed by atoms with E-state index in [0.717, 1.165) is 44.3 Å². The Balaban J connectivity index is 1.24. The number of fused-ring (bicyclic) bond motifs is 9. The first-order valence-corrected chi connectivity index (χ1v) is 17.5. The van der Waals surface area contributed by atoms with Gasteiger partial charge in [-0.1, -0.05) is 133 Å². The average molecular weight is 651 g/mol. The number of benzene rings is 8. The number of nitrogens with zero attached hydrogens (tertiary/aromatic N) is 2. The lowest BCUT2D eigenvalue weighted by Crippen LogP contribution is -1.95. The molecule has 238 valence electrons. The van der Waals surface area contributed by atoms with Crippen LogP contribution >= 0.6 is 0 Å². The number of hydrogen-bond donors (Lipinski definition) is 0. The predicted octanol–water partition coefficient (Wildman–Crippen LogP) is 13.1. The Morgan fingerprint density at radius 3 is 1.55 bits per heavy atom. The maximum atomic E-state index is 6.81. The van der Waals surface area contributed by atoms with Gasteiger partial charge in [-0.05, 0) is 70.8 Å². The van der Waals surface area contributed by atoms with Crippen LogP contribution in [0, 0.1) is 0 Å². The maximum Gasteiger partial charge on any atom is 0.160 e. The van der Waals surface area contributed by atoms with Crippen molar-refractivity contribution in [2.75, 3.05) is 0 Å². The zero-order valence-corrected chi connectivity index (χ0v) is 27.6. The van der Waals surface area contributed by atoms with Gasteiger partial charge < -0.3 is 13.6 Å². The topological polar surface area (TPSA) is 23.0 Å². The fourth-order valence-electron chi connectivity index (χ4n) is 8.45. The van der Waals surface area contributed by atoms with E-state index in [9.17, 15) is 0 Å². The lowest BCUT2D eigenvalue weighted by Gasteiger charge is -2.12. The fraction of sp³-hybridized carbons (Fsp3) is 0. The molecule has 0 atom stereocenters. The summed E-state index contributed by atoms with van der Waals surface area (Å²) in [5, 5.41) is 7.20. The van der Waals surface area contributed by atoms with Gasteiger partial charge in [0.05, 0.1) is 27.8 Å². The monoisotopic (exact) mass is 650 g/mol. The van der Waals surface area contributed by atoms with E-state index in [1.807, 2.05) is 0 Å². The van der Waals surface area contributed by atoms with Crippen LogP contribution in [0.25, 0.3) is 99.2 Å². The molecular weight excluding hydrogens is 621 g/mol. The SMILES string of the molecule is c1ccc(-c2ccc(-n3c4ccccc4c4c(-c5cccc6c5c5ccccc5n6-c5ccccc5)cccc43)c3oc4ccccc4c23)cc1. The molecule has 0 saturated carbocycles. The molecule has 0 saturated heterocycles. The lowest BCUT2D eigenvalue weighted by atomic mass is 9.95. The summed E-state index contributed by atoms with van der Waals surface area (Å²) in [5.41, 5.74) is 13.4. The standard InChI is InChI=1S/C48H30N2O/c1-3-15-31(16-4-1)33-29-30-43(48-47(33)38-21-9-12-28-44(38)51-48)50-40-25-11-8-20-37(40)46-35(23-14-27-42(46)50)34-22-13-26-41-45(34)36-19-7-10-24-39(36)49(41)32-17-5-2-6-18-32/h1-30H. The molecule has 0 radical (unpaired) electrons. The van der Waals surface area contributed by atoms with Crippen molar-refractivity contribution < 1.29 is 4.42 Å². The second kappa shape index (κ2) is 10.8. The molecule has 0 aliphatic carbocycles. The first-order valence-electron chi connectivity index (χ1n) is 17.5. The van der Waals surface area contributed by atoms with Crippen LogP contribution in [0.5, 0.6) is 0 Å². The van der Waals surface area contributed by atoms with Gasteiger partial charge in [0.1, 0.15) is 5.58 Å². The third kappa shape index (κ3) is 4.00. The minimum atomic E-state index is 0.888. The summed E-state index contributed by atoms with van der Waals surface area (Å²) in [6, 6.07) is 65.3. The van der Waals surface area contributed by atoms with Crippen molar-refractivity contribution in [2.45, 2.75) is 0 Å². The van der Waals surface area contributed by atoms with Crippen molar-refractivity contribution in [1.29, 1.82) is 0 Å². The lowest BCUT2D eigenvalue weighted by molar-refractivity contribution is 0.666. The van der Waals surface area contributed by atoms with E-state index in [1.165, 1.54) is 54.8 Å². The zero-order valence-electron chi connectivity index (χ0n) is 27.6. The summed E-state index contributed by atoms with van der Waals surface area (Å²) in [6.45, 7) is 0. The van der Waals surface area contributed by atoms with Crippen LogP contribution in [0.3, 0.4) is 0 Å². The normalized spacial score (nSPS) is 11.9. The third-order valence-electron chi connectivity index (χ3n) is 10.5. The minimum Gasteiger partial charge on any atom is -0.454 e. The first kappa shape index (κ1) is 28.0. The van der Waals surface area contributed by atoms with E-state index in [0.29, 0.717) is 0 Å². The van der Waals surface area contributed by atoms with E-state index in [1.54, 1.807) is 0 Å². The van der Waals surface area contributed by atoms with Crippen LogP contribution in [0.2, 0.25) is 0 Å². The van der Waals surface area contributed by atoms with Crippen LogP contribution < -0.4 is 0 Å². The Hall–Kier alpha value is -6.84. The highest BCUT2D eigenvalue weighted by molar-refractivity contribution is 6.23. The molecule has 0 bridgehead atoms. The second-order valence-corrected chi connectivity index (χ2v) is 13.2. The fourth-order valence-corrected chi connectivity index (χ4v) is 8.45. The summed E-state index contributed by atoms with van der Waals surface area (Å²) in [5.74, 6) is 0. The van der Waals surface area contributed by atoms with Crippen LogP contribution in [0.4, 0.5) is 0 Å². The Labute approximate surface area is 293 Å². The van der Waals surface area contributed by atoms with Gasteiger partial charge in [0.25, 0.3) is 0 Å². The quantitative estimate of drug-likeness (QED) is 0.186. The molecule has 8 aromatic carbocycles. The molecule has 3 heteroatoms. The number of hydrogen-bond acceptors (Lipinski definition) is 1. The van der Waals surface area contributed by atoms with Crippen molar-refractivity contribution in [3.05, 3.63) is 182 Å². The summed E-state index contributed by atoms with van der Waals surface area (Å²) in [6.07, 6.45) is 0. The van der Waals surface area contributed by atoms with E-state index >= 15 is 0 Å². The average Bonchev–Trinajstić information content (AvgIpc) is 3.87. The van der Waals surface area contributed by atoms with Gasteiger partial charge in [-0.3, -0.25) is 0 Å². The van der Waals surface area contributed by atoms with Crippen molar-refractivity contribution in [3.63, 3.8) is 0 Å². The molecule has 11 aromatic rings. The number of aromatic nitrogens is 2. The van der Waals surface area contributed by atoms with Crippen LogP contribution in [0.1, 0.15) is 0 Å². The van der Waals surface area contributed by atoms with Crippen molar-refractivity contribution >= 4 is 65.6 Å².